The summed E-state index contributed by atoms with van der Waals surface area (Å²) >= 11 is 1.18. The van der Waals surface area contributed by atoms with E-state index < -0.39 is 5.97 Å². The van der Waals surface area contributed by atoms with Gasteiger partial charge in [0, 0.05) is 23.3 Å². The Hall–Kier alpha value is -2.48. The normalized spacial score (nSPS) is 10.7. The minimum atomic E-state index is -1.03. The molecule has 0 saturated carbocycles. The summed E-state index contributed by atoms with van der Waals surface area (Å²) in [6.07, 6.45) is 6.76. The summed E-state index contributed by atoms with van der Waals surface area (Å²) in [6, 6.07) is 0. The number of hydrogen-bond acceptors (Lipinski definition) is 5. The van der Waals surface area contributed by atoms with E-state index in [1.807, 2.05) is 0 Å². The molecule has 0 radical (unpaired) electrons. The van der Waals surface area contributed by atoms with E-state index in [0.717, 1.165) is 6.08 Å². The molecule has 2 aromatic rings. The van der Waals surface area contributed by atoms with Crippen LogP contribution in [0.4, 0.5) is 5.13 Å². The second kappa shape index (κ2) is 5.23. The summed E-state index contributed by atoms with van der Waals surface area (Å²) in [4.78, 5) is 26.6. The van der Waals surface area contributed by atoms with Gasteiger partial charge < -0.3 is 5.11 Å². The Balaban J connectivity index is 2.03. The van der Waals surface area contributed by atoms with Crippen molar-refractivity contribution in [1.82, 2.24) is 15.2 Å². The molecule has 18 heavy (non-hydrogen) atoms. The molecule has 0 aliphatic carbocycles. The van der Waals surface area contributed by atoms with Gasteiger partial charge in [-0.25, -0.2) is 9.78 Å². The van der Waals surface area contributed by atoms with Crippen LogP contribution >= 0.6 is 11.3 Å². The van der Waals surface area contributed by atoms with Crippen LogP contribution < -0.4 is 5.32 Å². The monoisotopic (exact) mass is 264 g/mol. The highest BCUT2D eigenvalue weighted by molar-refractivity contribution is 7.16. The molecule has 8 heteroatoms. The molecule has 0 aromatic carbocycles. The number of H-pyrrole nitrogens is 1. The molecule has 2 rings (SSSR count). The standard InChI is InChI=1S/C10H8N4O3S/c15-8(16)2-1-7-5-11-10(18-7)14-9(17)6-3-12-13-4-6/h1-5H,(H,12,13)(H,15,16)(H,11,14,17). The first kappa shape index (κ1) is 12.0. The van der Waals surface area contributed by atoms with Gasteiger partial charge in [0.25, 0.3) is 5.91 Å². The maximum absolute atomic E-state index is 11.6. The molecule has 1 amide bonds. The molecule has 0 unspecified atom stereocenters. The van der Waals surface area contributed by atoms with Gasteiger partial charge in [0.2, 0.25) is 0 Å². The van der Waals surface area contributed by atoms with E-state index in [9.17, 15) is 9.59 Å². The summed E-state index contributed by atoms with van der Waals surface area (Å²) in [7, 11) is 0. The molecule has 7 nitrogen and oxygen atoms in total. The predicted molar refractivity (Wildman–Crippen MR) is 65.3 cm³/mol. The zero-order valence-electron chi connectivity index (χ0n) is 8.95. The van der Waals surface area contributed by atoms with Crippen LogP contribution in [-0.2, 0) is 4.79 Å². The molecule has 0 atom stereocenters. The van der Waals surface area contributed by atoms with Gasteiger partial charge in [-0.15, -0.1) is 0 Å². The highest BCUT2D eigenvalue weighted by Crippen LogP contribution is 2.19. The fourth-order valence-electron chi connectivity index (χ4n) is 1.12. The summed E-state index contributed by atoms with van der Waals surface area (Å²) in [5.74, 6) is -1.36. The smallest absolute Gasteiger partial charge is 0.328 e. The van der Waals surface area contributed by atoms with Crippen molar-refractivity contribution < 1.29 is 14.7 Å². The number of nitrogens with one attached hydrogen (secondary N) is 2. The van der Waals surface area contributed by atoms with Crippen LogP contribution in [0.15, 0.2) is 24.7 Å². The topological polar surface area (TPSA) is 108 Å². The van der Waals surface area contributed by atoms with E-state index in [1.165, 1.54) is 36.0 Å². The third kappa shape index (κ3) is 3.01. The fraction of sp³-hybridized carbons (Fsp3) is 0. The number of hydrogen-bond donors (Lipinski definition) is 3. The van der Waals surface area contributed by atoms with Crippen LogP contribution in [0.5, 0.6) is 0 Å². The van der Waals surface area contributed by atoms with Crippen molar-refractivity contribution in [2.24, 2.45) is 0 Å². The lowest BCUT2D eigenvalue weighted by Gasteiger charge is -1.96. The summed E-state index contributed by atoms with van der Waals surface area (Å²) in [6.45, 7) is 0. The second-order valence-electron chi connectivity index (χ2n) is 3.18. The average molecular weight is 264 g/mol. The average Bonchev–Trinajstić information content (AvgIpc) is 2.97. The van der Waals surface area contributed by atoms with Gasteiger partial charge in [-0.05, 0) is 6.08 Å². The lowest BCUT2D eigenvalue weighted by molar-refractivity contribution is -0.131. The van der Waals surface area contributed by atoms with Crippen molar-refractivity contribution in [3.8, 4) is 0 Å². The fourth-order valence-corrected chi connectivity index (χ4v) is 1.83. The summed E-state index contributed by atoms with van der Waals surface area (Å²) < 4.78 is 0. The number of aliphatic carboxylic acids is 1. The number of anilines is 1. The van der Waals surface area contributed by atoms with Crippen molar-refractivity contribution in [1.29, 1.82) is 0 Å². The number of nitrogens with zero attached hydrogens (tertiary/aromatic N) is 2. The number of carbonyl (C=O) groups is 2. The molecule has 0 fully saturated rings. The van der Waals surface area contributed by atoms with Crippen molar-refractivity contribution >= 4 is 34.4 Å². The van der Waals surface area contributed by atoms with Crippen LogP contribution in [0.2, 0.25) is 0 Å². The number of carbonyl (C=O) groups excluding carboxylic acids is 1. The summed E-state index contributed by atoms with van der Waals surface area (Å²) in [5, 5.41) is 17.6. The Bertz CT molecular complexity index is 588. The van der Waals surface area contributed by atoms with Gasteiger partial charge in [-0.2, -0.15) is 5.10 Å². The Morgan fingerprint density at radius 3 is 2.94 bits per heavy atom. The number of aromatic amines is 1. The zero-order chi connectivity index (χ0) is 13.0. The Labute approximate surface area is 105 Å². The molecular weight excluding hydrogens is 256 g/mol. The maximum Gasteiger partial charge on any atom is 0.328 e. The first-order valence-corrected chi connectivity index (χ1v) is 5.64. The number of rotatable bonds is 4. The van der Waals surface area contributed by atoms with Gasteiger partial charge in [0.15, 0.2) is 5.13 Å². The van der Waals surface area contributed by atoms with Crippen LogP contribution in [0.25, 0.3) is 6.08 Å². The van der Waals surface area contributed by atoms with Gasteiger partial charge in [0.1, 0.15) is 0 Å². The molecule has 0 bridgehead atoms. The van der Waals surface area contributed by atoms with E-state index in [1.54, 1.807) is 0 Å². The molecule has 0 aliphatic rings. The first-order chi connectivity index (χ1) is 8.65. The van der Waals surface area contributed by atoms with Gasteiger partial charge in [-0.3, -0.25) is 15.2 Å². The number of amides is 1. The van der Waals surface area contributed by atoms with Crippen LogP contribution in [0, 0.1) is 0 Å². The molecular formula is C10H8N4O3S. The van der Waals surface area contributed by atoms with Crippen LogP contribution in [0.3, 0.4) is 0 Å². The van der Waals surface area contributed by atoms with E-state index in [-0.39, 0.29) is 5.91 Å². The summed E-state index contributed by atoms with van der Waals surface area (Å²) in [5.41, 5.74) is 0.396. The molecule has 2 heterocycles. The van der Waals surface area contributed by atoms with Crippen LogP contribution in [0.1, 0.15) is 15.2 Å². The highest BCUT2D eigenvalue weighted by Gasteiger charge is 2.09. The minimum Gasteiger partial charge on any atom is -0.478 e. The van der Waals surface area contributed by atoms with Crippen molar-refractivity contribution in [2.45, 2.75) is 0 Å². The minimum absolute atomic E-state index is 0.327. The number of aromatic nitrogens is 3. The predicted octanol–water partition coefficient (Wildman–Crippen LogP) is 1.22. The third-order valence-electron chi connectivity index (χ3n) is 1.89. The highest BCUT2D eigenvalue weighted by atomic mass is 32.1. The molecule has 0 spiro atoms. The largest absolute Gasteiger partial charge is 0.478 e. The van der Waals surface area contributed by atoms with E-state index in [4.69, 9.17) is 5.11 Å². The first-order valence-electron chi connectivity index (χ1n) is 4.82. The lowest BCUT2D eigenvalue weighted by Crippen LogP contribution is -2.10. The van der Waals surface area contributed by atoms with Crippen molar-refractivity contribution in [2.75, 3.05) is 5.32 Å². The second-order valence-corrected chi connectivity index (χ2v) is 4.24. The van der Waals surface area contributed by atoms with E-state index in [2.05, 4.69) is 20.5 Å². The number of carboxylic acids is 1. The molecule has 0 saturated heterocycles. The molecule has 3 N–H and O–H groups in total. The Morgan fingerprint density at radius 1 is 1.44 bits per heavy atom. The maximum atomic E-state index is 11.6. The van der Waals surface area contributed by atoms with Gasteiger partial charge >= 0.3 is 5.97 Å². The van der Waals surface area contributed by atoms with Crippen LogP contribution in [-0.4, -0.2) is 32.2 Å². The Kier molecular flexibility index (Phi) is 3.49. The molecule has 92 valence electrons. The zero-order valence-corrected chi connectivity index (χ0v) is 9.77. The van der Waals surface area contributed by atoms with E-state index in [0.29, 0.717) is 15.6 Å². The van der Waals surface area contributed by atoms with Crippen molar-refractivity contribution in [3.63, 3.8) is 0 Å². The molecule has 0 aliphatic heterocycles. The van der Waals surface area contributed by atoms with E-state index >= 15 is 0 Å². The third-order valence-corrected chi connectivity index (χ3v) is 2.77. The Morgan fingerprint density at radius 2 is 2.28 bits per heavy atom. The molecule has 2 aromatic heterocycles. The quantitative estimate of drug-likeness (QED) is 0.719. The van der Waals surface area contributed by atoms with Crippen molar-refractivity contribution in [3.05, 3.63) is 35.1 Å². The van der Waals surface area contributed by atoms with Gasteiger partial charge in [-0.1, -0.05) is 11.3 Å². The van der Waals surface area contributed by atoms with Gasteiger partial charge in [0.05, 0.1) is 11.8 Å². The number of thiazole rings is 1. The lowest BCUT2D eigenvalue weighted by atomic mass is 10.3. The number of carboxylic acid groups (broad SMARTS) is 1. The SMILES string of the molecule is O=C(O)C=Cc1cnc(NC(=O)c2cn[nH]c2)s1.